The van der Waals surface area contributed by atoms with Crippen LogP contribution >= 0.6 is 0 Å². The van der Waals surface area contributed by atoms with Crippen LogP contribution in [0.3, 0.4) is 0 Å². The zero-order valence-corrected chi connectivity index (χ0v) is 12.2. The van der Waals surface area contributed by atoms with E-state index in [1.54, 1.807) is 26.1 Å². The number of aryl methyl sites for hydroxylation is 1. The van der Waals surface area contributed by atoms with E-state index < -0.39 is 17.8 Å². The smallest absolute Gasteiger partial charge is 0.289 e. The topological polar surface area (TPSA) is 62.9 Å². The van der Waals surface area contributed by atoms with Crippen LogP contribution in [0.4, 0.5) is 4.39 Å². The number of hydrogen-bond donors (Lipinski definition) is 1. The molecule has 0 aliphatic carbocycles. The summed E-state index contributed by atoms with van der Waals surface area (Å²) in [6, 6.07) is 4.56. The number of aliphatic hydroxyl groups excluding tert-OH is 1. The summed E-state index contributed by atoms with van der Waals surface area (Å²) in [4.78, 5) is 13.7. The van der Waals surface area contributed by atoms with E-state index in [1.165, 1.54) is 18.1 Å². The number of carbonyl (C=O) groups is 1. The zero-order valence-electron chi connectivity index (χ0n) is 12.2. The number of furan rings is 1. The van der Waals surface area contributed by atoms with Crippen LogP contribution in [0.15, 0.2) is 22.6 Å². The second-order valence-corrected chi connectivity index (χ2v) is 4.97. The molecule has 0 saturated carbocycles. The number of benzene rings is 1. The number of nitrogens with zero attached hydrogens (tertiary/aromatic N) is 1. The minimum absolute atomic E-state index is 0.0733. The van der Waals surface area contributed by atoms with E-state index in [9.17, 15) is 14.3 Å². The van der Waals surface area contributed by atoms with E-state index in [-0.39, 0.29) is 24.5 Å². The lowest BCUT2D eigenvalue weighted by atomic mass is 10.1. The Balaban J connectivity index is 2.27. The molecule has 1 unspecified atom stereocenters. The first-order chi connectivity index (χ1) is 9.95. The minimum Gasteiger partial charge on any atom is -0.448 e. The number of methoxy groups -OCH3 is 1. The first-order valence-corrected chi connectivity index (χ1v) is 6.55. The van der Waals surface area contributed by atoms with Crippen molar-refractivity contribution in [1.29, 1.82) is 0 Å². The lowest BCUT2D eigenvalue weighted by Crippen LogP contribution is -2.36. The summed E-state index contributed by atoms with van der Waals surface area (Å²) in [5.41, 5.74) is 0.659. The van der Waals surface area contributed by atoms with Gasteiger partial charge in [-0.15, -0.1) is 0 Å². The van der Waals surface area contributed by atoms with Gasteiger partial charge in [0.05, 0.1) is 12.7 Å². The third-order valence-corrected chi connectivity index (χ3v) is 3.30. The molecule has 1 aromatic carbocycles. The molecular formula is C15H18FNO4. The van der Waals surface area contributed by atoms with Gasteiger partial charge in [-0.1, -0.05) is 12.1 Å². The maximum absolute atomic E-state index is 13.7. The molecule has 0 radical (unpaired) electrons. The Hall–Kier alpha value is -1.92. The Morgan fingerprint density at radius 1 is 1.52 bits per heavy atom. The third kappa shape index (κ3) is 3.06. The molecule has 1 amide bonds. The van der Waals surface area contributed by atoms with E-state index in [0.717, 1.165) is 0 Å². The molecule has 0 aliphatic rings. The van der Waals surface area contributed by atoms with Gasteiger partial charge in [-0.3, -0.25) is 4.79 Å². The van der Waals surface area contributed by atoms with E-state index in [2.05, 4.69) is 0 Å². The molecule has 1 atom stereocenters. The fourth-order valence-electron chi connectivity index (χ4n) is 2.23. The van der Waals surface area contributed by atoms with Crippen molar-refractivity contribution < 1.29 is 23.4 Å². The monoisotopic (exact) mass is 295 g/mol. The highest BCUT2D eigenvalue weighted by molar-refractivity contribution is 5.98. The summed E-state index contributed by atoms with van der Waals surface area (Å²) in [5.74, 6) is -0.822. The number of amides is 1. The molecule has 6 heteroatoms. The van der Waals surface area contributed by atoms with Gasteiger partial charge < -0.3 is 19.2 Å². The standard InChI is InChI=1S/C15H18FNO4/c1-9-11-5-4-6-12(16)14(11)21-13(9)15(19)17(2)7-10(18)8-20-3/h4-6,10,18H,7-8H2,1-3H3. The van der Waals surface area contributed by atoms with Gasteiger partial charge in [-0.25, -0.2) is 4.39 Å². The molecule has 5 nitrogen and oxygen atoms in total. The number of likely N-dealkylation sites (N-methyl/N-ethyl adjacent to an activating group) is 1. The van der Waals surface area contributed by atoms with Gasteiger partial charge in [0.1, 0.15) is 0 Å². The van der Waals surface area contributed by atoms with Crippen molar-refractivity contribution in [3.8, 4) is 0 Å². The highest BCUT2D eigenvalue weighted by Gasteiger charge is 2.23. The second kappa shape index (κ2) is 6.24. The van der Waals surface area contributed by atoms with Crippen LogP contribution in [0.2, 0.25) is 0 Å². The van der Waals surface area contributed by atoms with Crippen molar-refractivity contribution in [2.24, 2.45) is 0 Å². The predicted octanol–water partition coefficient (Wildman–Crippen LogP) is 1.96. The average molecular weight is 295 g/mol. The SMILES string of the molecule is COCC(O)CN(C)C(=O)c1oc2c(F)cccc2c1C. The van der Waals surface area contributed by atoms with Gasteiger partial charge in [0.2, 0.25) is 0 Å². The predicted molar refractivity (Wildman–Crippen MR) is 75.8 cm³/mol. The molecule has 114 valence electrons. The molecule has 0 bridgehead atoms. The highest BCUT2D eigenvalue weighted by Crippen LogP contribution is 2.27. The summed E-state index contributed by atoms with van der Waals surface area (Å²) in [5, 5.41) is 10.2. The second-order valence-electron chi connectivity index (χ2n) is 4.97. The number of halogens is 1. The van der Waals surface area contributed by atoms with E-state index in [1.807, 2.05) is 0 Å². The maximum Gasteiger partial charge on any atom is 0.289 e. The average Bonchev–Trinajstić information content (AvgIpc) is 2.77. The summed E-state index contributed by atoms with van der Waals surface area (Å²) < 4.78 is 23.9. The highest BCUT2D eigenvalue weighted by atomic mass is 19.1. The van der Waals surface area contributed by atoms with Crippen molar-refractivity contribution in [1.82, 2.24) is 4.90 Å². The summed E-state index contributed by atoms with van der Waals surface area (Å²) >= 11 is 0. The van der Waals surface area contributed by atoms with Crippen LogP contribution in [0, 0.1) is 12.7 Å². The van der Waals surface area contributed by atoms with Gasteiger partial charge in [0.25, 0.3) is 5.91 Å². The molecule has 2 aromatic rings. The van der Waals surface area contributed by atoms with Crippen LogP contribution in [0.25, 0.3) is 11.0 Å². The Morgan fingerprint density at radius 2 is 2.24 bits per heavy atom. The van der Waals surface area contributed by atoms with Gasteiger partial charge in [-0.05, 0) is 13.0 Å². The number of fused-ring (bicyclic) bond motifs is 1. The minimum atomic E-state index is -0.787. The zero-order chi connectivity index (χ0) is 15.6. The fraction of sp³-hybridized carbons (Fsp3) is 0.400. The Morgan fingerprint density at radius 3 is 2.86 bits per heavy atom. The molecule has 1 N–H and O–H groups in total. The lowest BCUT2D eigenvalue weighted by Gasteiger charge is -2.19. The van der Waals surface area contributed by atoms with E-state index in [4.69, 9.17) is 9.15 Å². The number of carbonyl (C=O) groups excluding carboxylic acids is 1. The molecule has 21 heavy (non-hydrogen) atoms. The molecule has 2 rings (SSSR count). The van der Waals surface area contributed by atoms with Crippen molar-refractivity contribution >= 4 is 16.9 Å². The summed E-state index contributed by atoms with van der Waals surface area (Å²) in [6.07, 6.45) is -0.787. The Labute approximate surface area is 121 Å². The number of para-hydroxylation sites is 1. The van der Waals surface area contributed by atoms with Crippen LogP contribution in [-0.4, -0.2) is 49.3 Å². The number of rotatable bonds is 5. The van der Waals surface area contributed by atoms with Gasteiger partial charge in [0.15, 0.2) is 17.2 Å². The van der Waals surface area contributed by atoms with Gasteiger partial charge in [0, 0.05) is 31.7 Å². The summed E-state index contributed by atoms with van der Waals surface area (Å²) in [7, 11) is 3.02. The van der Waals surface area contributed by atoms with Crippen molar-refractivity contribution in [3.05, 3.63) is 35.3 Å². The molecule has 0 aliphatic heterocycles. The summed E-state index contributed by atoms with van der Waals surface area (Å²) in [6.45, 7) is 1.94. The van der Waals surface area contributed by atoms with Gasteiger partial charge >= 0.3 is 0 Å². The molecule has 0 fully saturated rings. The van der Waals surface area contributed by atoms with E-state index >= 15 is 0 Å². The number of ether oxygens (including phenoxy) is 1. The van der Waals surface area contributed by atoms with Crippen LogP contribution in [0.1, 0.15) is 16.1 Å². The molecule has 1 heterocycles. The van der Waals surface area contributed by atoms with Crippen LogP contribution in [0.5, 0.6) is 0 Å². The van der Waals surface area contributed by atoms with E-state index in [0.29, 0.717) is 10.9 Å². The largest absolute Gasteiger partial charge is 0.448 e. The fourth-order valence-corrected chi connectivity index (χ4v) is 2.23. The van der Waals surface area contributed by atoms with Crippen molar-refractivity contribution in [2.45, 2.75) is 13.0 Å². The van der Waals surface area contributed by atoms with Crippen LogP contribution < -0.4 is 0 Å². The molecular weight excluding hydrogens is 277 g/mol. The van der Waals surface area contributed by atoms with Crippen molar-refractivity contribution in [3.63, 3.8) is 0 Å². The Kier molecular flexibility index (Phi) is 4.59. The Bertz CT molecular complexity index is 652. The third-order valence-electron chi connectivity index (χ3n) is 3.30. The molecule has 0 saturated heterocycles. The lowest BCUT2D eigenvalue weighted by molar-refractivity contribution is 0.0368. The number of aliphatic hydroxyl groups is 1. The van der Waals surface area contributed by atoms with Gasteiger partial charge in [-0.2, -0.15) is 0 Å². The molecule has 0 spiro atoms. The quantitative estimate of drug-likeness (QED) is 0.916. The first-order valence-electron chi connectivity index (χ1n) is 6.55. The number of hydrogen-bond acceptors (Lipinski definition) is 4. The normalized spacial score (nSPS) is 12.6. The molecule has 1 aromatic heterocycles. The first kappa shape index (κ1) is 15.5. The van der Waals surface area contributed by atoms with Crippen LogP contribution in [-0.2, 0) is 4.74 Å². The van der Waals surface area contributed by atoms with Crippen molar-refractivity contribution in [2.75, 3.05) is 27.3 Å². The maximum atomic E-state index is 13.7.